The molecule has 1 aliphatic heterocycles. The summed E-state index contributed by atoms with van der Waals surface area (Å²) in [6.07, 6.45) is 0. The molecule has 1 saturated heterocycles. The highest BCUT2D eigenvalue weighted by atomic mass is 32.2. The topological polar surface area (TPSA) is 123 Å². The molecule has 1 amide bonds. The van der Waals surface area contributed by atoms with Gasteiger partial charge in [0.15, 0.2) is 5.82 Å². The van der Waals surface area contributed by atoms with Gasteiger partial charge < -0.3 is 10.6 Å². The summed E-state index contributed by atoms with van der Waals surface area (Å²) in [5.74, 6) is -0.394. The van der Waals surface area contributed by atoms with Gasteiger partial charge in [-0.25, -0.2) is 13.8 Å². The van der Waals surface area contributed by atoms with E-state index >= 15 is 0 Å². The highest BCUT2D eigenvalue weighted by Gasteiger charge is 2.19. The van der Waals surface area contributed by atoms with Crippen molar-refractivity contribution in [3.05, 3.63) is 71.3 Å². The largest absolute Gasteiger partial charge is 0.368 e. The summed E-state index contributed by atoms with van der Waals surface area (Å²) in [4.78, 5) is 24.9. The van der Waals surface area contributed by atoms with Crippen LogP contribution in [0.1, 0.15) is 15.9 Å². The number of nitrogens with zero attached hydrogens (tertiary/aromatic N) is 5. The second-order valence-corrected chi connectivity index (χ2v) is 9.11. The molecule has 3 aromatic rings. The van der Waals surface area contributed by atoms with Crippen LogP contribution in [0.15, 0.2) is 53.6 Å². The summed E-state index contributed by atoms with van der Waals surface area (Å²) in [5, 5.41) is 9.63. The van der Waals surface area contributed by atoms with Crippen molar-refractivity contribution in [3.63, 3.8) is 0 Å². The van der Waals surface area contributed by atoms with Crippen LogP contribution in [0.3, 0.4) is 0 Å². The number of nitrogens with one attached hydrogen (secondary N) is 2. The Hall–Kier alpha value is -3.95. The van der Waals surface area contributed by atoms with Crippen LogP contribution in [-0.2, 0) is 0 Å². The molecule has 1 aromatic heterocycles. The van der Waals surface area contributed by atoms with Crippen LogP contribution in [0.2, 0.25) is 0 Å². The van der Waals surface area contributed by atoms with Crippen LogP contribution in [0, 0.1) is 23.0 Å². The van der Waals surface area contributed by atoms with Gasteiger partial charge >= 0.3 is 0 Å². The lowest BCUT2D eigenvalue weighted by molar-refractivity contribution is 0.0962. The quantitative estimate of drug-likeness (QED) is 0.238. The van der Waals surface area contributed by atoms with Crippen molar-refractivity contribution in [2.75, 3.05) is 54.5 Å². The molecule has 0 spiro atoms. The minimum Gasteiger partial charge on any atom is -0.368 e. The molecule has 2 heterocycles. The van der Waals surface area contributed by atoms with Crippen molar-refractivity contribution >= 4 is 35.1 Å². The van der Waals surface area contributed by atoms with Gasteiger partial charge in [0, 0.05) is 56.2 Å². The van der Waals surface area contributed by atoms with Crippen LogP contribution in [-0.4, -0.2) is 59.3 Å². The third-order valence-corrected chi connectivity index (χ3v) is 6.45. The first-order valence-corrected chi connectivity index (χ1v) is 12.2. The Labute approximate surface area is 211 Å². The van der Waals surface area contributed by atoms with E-state index < -0.39 is 17.5 Å². The van der Waals surface area contributed by atoms with Gasteiger partial charge in [0.2, 0.25) is 5.95 Å². The summed E-state index contributed by atoms with van der Waals surface area (Å²) in [7, 11) is 0. The zero-order valence-corrected chi connectivity index (χ0v) is 20.1. The zero-order valence-electron chi connectivity index (χ0n) is 19.2. The molecule has 1 fully saturated rings. The van der Waals surface area contributed by atoms with Crippen molar-refractivity contribution in [1.82, 2.24) is 20.3 Å². The highest BCUT2D eigenvalue weighted by Crippen LogP contribution is 2.23. The predicted octanol–water partition coefficient (Wildman–Crippen LogP) is 2.88. The van der Waals surface area contributed by atoms with E-state index in [2.05, 4.69) is 25.7 Å². The number of anilines is 3. The fourth-order valence-electron chi connectivity index (χ4n) is 3.73. The van der Waals surface area contributed by atoms with E-state index in [0.29, 0.717) is 40.7 Å². The van der Waals surface area contributed by atoms with Gasteiger partial charge in [0.1, 0.15) is 16.7 Å². The van der Waals surface area contributed by atoms with Gasteiger partial charge in [-0.2, -0.15) is 10.2 Å². The SMILES string of the molecule is N#Cc1cccc(C(=O)NNc2cc(SCCN3CCN(c4ccc(F)cc4F)CC3)nc(N)n2)c1. The molecule has 2 aromatic carbocycles. The lowest BCUT2D eigenvalue weighted by atomic mass is 10.1. The van der Waals surface area contributed by atoms with E-state index in [1.165, 1.54) is 30.0 Å². The molecule has 4 N–H and O–H groups in total. The summed E-state index contributed by atoms with van der Waals surface area (Å²) < 4.78 is 27.2. The van der Waals surface area contributed by atoms with Crippen molar-refractivity contribution in [2.45, 2.75) is 5.03 Å². The molecule has 0 radical (unpaired) electrons. The lowest BCUT2D eigenvalue weighted by Gasteiger charge is -2.36. The van der Waals surface area contributed by atoms with E-state index in [1.807, 2.05) is 11.0 Å². The van der Waals surface area contributed by atoms with Gasteiger partial charge in [0.05, 0.1) is 17.3 Å². The van der Waals surface area contributed by atoms with Gasteiger partial charge in [0.25, 0.3) is 5.91 Å². The third kappa shape index (κ3) is 6.59. The number of nitrogen functional groups attached to an aromatic ring is 1. The Morgan fingerprint density at radius 3 is 2.67 bits per heavy atom. The molecule has 12 heteroatoms. The van der Waals surface area contributed by atoms with Crippen molar-refractivity contribution < 1.29 is 13.6 Å². The summed E-state index contributed by atoms with van der Waals surface area (Å²) >= 11 is 1.50. The summed E-state index contributed by atoms with van der Waals surface area (Å²) in [6, 6.07) is 13.7. The Kier molecular flexibility index (Phi) is 8.14. The van der Waals surface area contributed by atoms with Crippen molar-refractivity contribution in [3.8, 4) is 6.07 Å². The van der Waals surface area contributed by atoms with Gasteiger partial charge in [-0.15, -0.1) is 11.8 Å². The number of piperazine rings is 1. The number of hydrazine groups is 1. The summed E-state index contributed by atoms with van der Waals surface area (Å²) in [6.45, 7) is 3.62. The molecule has 4 rings (SSSR count). The van der Waals surface area contributed by atoms with Crippen LogP contribution in [0.5, 0.6) is 0 Å². The molecule has 36 heavy (non-hydrogen) atoms. The average molecular weight is 511 g/mol. The minimum absolute atomic E-state index is 0.0677. The molecule has 0 saturated carbocycles. The third-order valence-electron chi connectivity index (χ3n) is 5.56. The second kappa shape index (κ2) is 11.7. The van der Waals surface area contributed by atoms with E-state index in [4.69, 9.17) is 11.0 Å². The summed E-state index contributed by atoms with van der Waals surface area (Å²) in [5.41, 5.74) is 12.2. The number of hydrogen-bond donors (Lipinski definition) is 3. The number of rotatable bonds is 8. The molecular weight excluding hydrogens is 486 g/mol. The molecule has 1 aliphatic rings. The maximum absolute atomic E-state index is 14.0. The van der Waals surface area contributed by atoms with E-state index in [9.17, 15) is 13.6 Å². The number of nitrogens with two attached hydrogens (primary N) is 1. The van der Waals surface area contributed by atoms with E-state index in [-0.39, 0.29) is 5.95 Å². The molecule has 186 valence electrons. The lowest BCUT2D eigenvalue weighted by Crippen LogP contribution is -2.47. The first-order valence-electron chi connectivity index (χ1n) is 11.2. The Morgan fingerprint density at radius 1 is 1.11 bits per heavy atom. The van der Waals surface area contributed by atoms with Crippen LogP contribution >= 0.6 is 11.8 Å². The van der Waals surface area contributed by atoms with E-state index in [0.717, 1.165) is 31.5 Å². The number of nitriles is 1. The number of amides is 1. The predicted molar refractivity (Wildman–Crippen MR) is 134 cm³/mol. The Morgan fingerprint density at radius 2 is 1.92 bits per heavy atom. The van der Waals surface area contributed by atoms with Gasteiger partial charge in [-0.05, 0) is 30.3 Å². The van der Waals surface area contributed by atoms with Gasteiger partial charge in [-0.3, -0.25) is 20.5 Å². The van der Waals surface area contributed by atoms with Crippen molar-refractivity contribution in [2.24, 2.45) is 0 Å². The zero-order chi connectivity index (χ0) is 25.5. The van der Waals surface area contributed by atoms with Crippen molar-refractivity contribution in [1.29, 1.82) is 5.26 Å². The second-order valence-electron chi connectivity index (χ2n) is 7.99. The molecule has 0 atom stereocenters. The van der Waals surface area contributed by atoms with Gasteiger partial charge in [-0.1, -0.05) is 6.07 Å². The molecule has 9 nitrogen and oxygen atoms in total. The Bertz CT molecular complexity index is 1280. The monoisotopic (exact) mass is 510 g/mol. The molecule has 0 aliphatic carbocycles. The fraction of sp³-hybridized carbons (Fsp3) is 0.250. The van der Waals surface area contributed by atoms with Crippen LogP contribution < -0.4 is 21.5 Å². The number of carbonyl (C=O) groups excluding carboxylic acids is 1. The Balaban J connectivity index is 1.24. The normalized spacial score (nSPS) is 13.8. The number of thioether (sulfide) groups is 1. The van der Waals surface area contributed by atoms with E-state index in [1.54, 1.807) is 24.3 Å². The maximum atomic E-state index is 14.0. The first-order chi connectivity index (χ1) is 17.4. The van der Waals surface area contributed by atoms with Crippen LogP contribution in [0.25, 0.3) is 0 Å². The number of carbonyl (C=O) groups is 1. The number of hydrogen-bond acceptors (Lipinski definition) is 9. The molecule has 0 unspecified atom stereocenters. The van der Waals surface area contributed by atoms with Crippen LogP contribution in [0.4, 0.5) is 26.2 Å². The molecule has 0 bridgehead atoms. The highest BCUT2D eigenvalue weighted by molar-refractivity contribution is 7.99. The fourth-order valence-corrected chi connectivity index (χ4v) is 4.64. The first kappa shape index (κ1) is 25.2. The number of benzene rings is 2. The maximum Gasteiger partial charge on any atom is 0.269 e. The number of aromatic nitrogens is 2. The molecular formula is C24H24F2N8OS. The average Bonchev–Trinajstić information content (AvgIpc) is 2.87. The number of halogens is 2. The minimum atomic E-state index is -0.580. The smallest absolute Gasteiger partial charge is 0.269 e. The standard InChI is InChI=1S/C24H24F2N8OS/c25-18-4-5-20(19(26)13-18)34-8-6-33(7-9-34)10-11-36-22-14-21(29-24(28)30-22)31-32-23(35)17-3-1-2-16(12-17)15-27/h1-5,12-14H,6-11H2,(H,32,35)(H3,28,29,30,31).